The van der Waals surface area contributed by atoms with Gasteiger partial charge in [-0.25, -0.2) is 0 Å². The number of nitrogens with one attached hydrogen (secondary N) is 1. The molecule has 5 heteroatoms. The smallest absolute Gasteiger partial charge is 0.173 e. The van der Waals surface area contributed by atoms with Gasteiger partial charge in [-0.3, -0.25) is 0 Å². The predicted octanol–water partition coefficient (Wildman–Crippen LogP) is 5.99. The summed E-state index contributed by atoms with van der Waals surface area (Å²) in [5, 5.41) is 5.49. The van der Waals surface area contributed by atoms with Gasteiger partial charge in [-0.2, -0.15) is 0 Å². The van der Waals surface area contributed by atoms with Crippen molar-refractivity contribution in [1.82, 2.24) is 9.47 Å². The van der Waals surface area contributed by atoms with E-state index >= 15 is 0 Å². The van der Waals surface area contributed by atoms with E-state index in [1.807, 2.05) is 0 Å². The SMILES string of the molecule is CCn1cc(CN(C(=S)Nc2cccc(SC)c2)C(C)C)c2ccccc21. The number of hydrogen-bond donors (Lipinski definition) is 1. The zero-order valence-corrected chi connectivity index (χ0v) is 18.0. The number of rotatable bonds is 6. The summed E-state index contributed by atoms with van der Waals surface area (Å²) in [6, 6.07) is 17.3. The van der Waals surface area contributed by atoms with Crippen molar-refractivity contribution < 1.29 is 0 Å². The molecule has 3 nitrogen and oxygen atoms in total. The molecule has 0 spiro atoms. The van der Waals surface area contributed by atoms with Gasteiger partial charge in [0, 0.05) is 46.8 Å². The molecule has 1 aromatic heterocycles. The molecule has 0 atom stereocenters. The third-order valence-corrected chi connectivity index (χ3v) is 5.82. The quantitative estimate of drug-likeness (QED) is 0.407. The summed E-state index contributed by atoms with van der Waals surface area (Å²) in [4.78, 5) is 3.48. The highest BCUT2D eigenvalue weighted by molar-refractivity contribution is 7.98. The molecule has 1 heterocycles. The Hall–Kier alpha value is -1.98. The van der Waals surface area contributed by atoms with Crippen LogP contribution in [-0.4, -0.2) is 26.9 Å². The van der Waals surface area contributed by atoms with Gasteiger partial charge < -0.3 is 14.8 Å². The average Bonchev–Trinajstić information content (AvgIpc) is 3.03. The van der Waals surface area contributed by atoms with Crippen molar-refractivity contribution in [3.63, 3.8) is 0 Å². The molecule has 0 saturated carbocycles. The third kappa shape index (κ3) is 4.47. The highest BCUT2D eigenvalue weighted by Gasteiger charge is 2.17. The lowest BCUT2D eigenvalue weighted by Gasteiger charge is -2.29. The second-order valence-corrected chi connectivity index (χ2v) is 8.11. The fraction of sp³-hybridized carbons (Fsp3) is 0.318. The molecule has 0 saturated heterocycles. The number of thiocarbonyl (C=S) groups is 1. The van der Waals surface area contributed by atoms with Gasteiger partial charge in [-0.1, -0.05) is 24.3 Å². The highest BCUT2D eigenvalue weighted by Crippen LogP contribution is 2.24. The summed E-state index contributed by atoms with van der Waals surface area (Å²) in [7, 11) is 0. The maximum absolute atomic E-state index is 5.77. The summed E-state index contributed by atoms with van der Waals surface area (Å²) < 4.78 is 2.31. The topological polar surface area (TPSA) is 20.2 Å². The standard InChI is InChI=1S/C22H27N3S2/c1-5-24-14-17(20-11-6-7-12-21(20)24)15-25(16(2)3)22(26)23-18-9-8-10-19(13-18)27-4/h6-14,16H,5,15H2,1-4H3,(H,23,26). The summed E-state index contributed by atoms with van der Waals surface area (Å²) in [5.74, 6) is 0. The van der Waals surface area contributed by atoms with E-state index < -0.39 is 0 Å². The number of para-hydroxylation sites is 1. The molecule has 0 unspecified atom stereocenters. The number of hydrogen-bond acceptors (Lipinski definition) is 2. The summed E-state index contributed by atoms with van der Waals surface area (Å²) in [6.45, 7) is 8.31. The summed E-state index contributed by atoms with van der Waals surface area (Å²) >= 11 is 7.51. The van der Waals surface area contributed by atoms with Gasteiger partial charge in [0.2, 0.25) is 0 Å². The van der Waals surface area contributed by atoms with E-state index in [1.54, 1.807) is 11.8 Å². The Labute approximate surface area is 171 Å². The molecule has 0 aliphatic carbocycles. The van der Waals surface area contributed by atoms with Crippen molar-refractivity contribution >= 4 is 45.7 Å². The number of nitrogens with zero attached hydrogens (tertiary/aromatic N) is 2. The first-order valence-electron chi connectivity index (χ1n) is 9.32. The van der Waals surface area contributed by atoms with Crippen LogP contribution in [0, 0.1) is 0 Å². The van der Waals surface area contributed by atoms with Crippen LogP contribution in [0.1, 0.15) is 26.3 Å². The van der Waals surface area contributed by atoms with Gasteiger partial charge >= 0.3 is 0 Å². The predicted molar refractivity (Wildman–Crippen MR) is 123 cm³/mol. The molecule has 142 valence electrons. The second-order valence-electron chi connectivity index (χ2n) is 6.84. The van der Waals surface area contributed by atoms with Crippen molar-refractivity contribution in [3.05, 3.63) is 60.3 Å². The molecule has 0 bridgehead atoms. The van der Waals surface area contributed by atoms with Crippen LogP contribution in [0.5, 0.6) is 0 Å². The first kappa shape index (κ1) is 19.8. The number of aryl methyl sites for hydroxylation is 1. The highest BCUT2D eigenvalue weighted by atomic mass is 32.2. The van der Waals surface area contributed by atoms with Crippen LogP contribution in [0.4, 0.5) is 5.69 Å². The van der Waals surface area contributed by atoms with E-state index in [-0.39, 0.29) is 0 Å². The molecule has 0 fully saturated rings. The molecule has 0 aliphatic heterocycles. The van der Waals surface area contributed by atoms with Gasteiger partial charge in [0.15, 0.2) is 5.11 Å². The average molecular weight is 398 g/mol. The maximum Gasteiger partial charge on any atom is 0.173 e. The Kier molecular flexibility index (Phi) is 6.45. The van der Waals surface area contributed by atoms with Crippen LogP contribution in [0.3, 0.4) is 0 Å². The van der Waals surface area contributed by atoms with Crippen LogP contribution >= 0.6 is 24.0 Å². The van der Waals surface area contributed by atoms with Crippen LogP contribution in [-0.2, 0) is 13.1 Å². The minimum atomic E-state index is 0.303. The van der Waals surface area contributed by atoms with Crippen molar-refractivity contribution in [1.29, 1.82) is 0 Å². The number of benzene rings is 2. The van der Waals surface area contributed by atoms with Crippen LogP contribution < -0.4 is 5.32 Å². The van der Waals surface area contributed by atoms with Crippen molar-refractivity contribution in [2.24, 2.45) is 0 Å². The van der Waals surface area contributed by atoms with E-state index in [0.29, 0.717) is 6.04 Å². The van der Waals surface area contributed by atoms with Gasteiger partial charge in [0.25, 0.3) is 0 Å². The lowest BCUT2D eigenvalue weighted by Crippen LogP contribution is -2.39. The van der Waals surface area contributed by atoms with Crippen LogP contribution in [0.25, 0.3) is 10.9 Å². The zero-order valence-electron chi connectivity index (χ0n) is 16.4. The van der Waals surface area contributed by atoms with Gasteiger partial charge in [-0.15, -0.1) is 11.8 Å². The minimum absolute atomic E-state index is 0.303. The normalized spacial score (nSPS) is 11.1. The number of thioether (sulfide) groups is 1. The fourth-order valence-electron chi connectivity index (χ4n) is 3.28. The van der Waals surface area contributed by atoms with E-state index in [4.69, 9.17) is 12.2 Å². The molecule has 0 aliphatic rings. The molecular formula is C22H27N3S2. The van der Waals surface area contributed by atoms with Crippen molar-refractivity contribution in [2.75, 3.05) is 11.6 Å². The van der Waals surface area contributed by atoms with E-state index in [2.05, 4.69) is 96.5 Å². The number of fused-ring (bicyclic) bond motifs is 1. The molecule has 27 heavy (non-hydrogen) atoms. The summed E-state index contributed by atoms with van der Waals surface area (Å²) in [5.41, 5.74) is 3.63. The number of anilines is 1. The lowest BCUT2D eigenvalue weighted by molar-refractivity contribution is 0.349. The Balaban J connectivity index is 1.85. The lowest BCUT2D eigenvalue weighted by atomic mass is 10.1. The second kappa shape index (κ2) is 8.81. The zero-order chi connectivity index (χ0) is 19.4. The third-order valence-electron chi connectivity index (χ3n) is 4.76. The Morgan fingerprint density at radius 1 is 1.19 bits per heavy atom. The maximum atomic E-state index is 5.77. The largest absolute Gasteiger partial charge is 0.347 e. The molecule has 3 rings (SSSR count). The van der Waals surface area contributed by atoms with Gasteiger partial charge in [0.05, 0.1) is 0 Å². The molecule has 2 aromatic carbocycles. The van der Waals surface area contributed by atoms with Crippen molar-refractivity contribution in [2.45, 2.75) is 44.8 Å². The first-order valence-corrected chi connectivity index (χ1v) is 10.9. The molecule has 3 aromatic rings. The van der Waals surface area contributed by atoms with Crippen molar-refractivity contribution in [3.8, 4) is 0 Å². The van der Waals surface area contributed by atoms with Crippen LogP contribution in [0.15, 0.2) is 59.6 Å². The monoisotopic (exact) mass is 397 g/mol. The fourth-order valence-corrected chi connectivity index (χ4v) is 4.13. The Morgan fingerprint density at radius 3 is 2.67 bits per heavy atom. The van der Waals surface area contributed by atoms with Gasteiger partial charge in [0.1, 0.15) is 0 Å². The minimum Gasteiger partial charge on any atom is -0.347 e. The molecule has 0 amide bonds. The van der Waals surface area contributed by atoms with Crippen LogP contribution in [0.2, 0.25) is 0 Å². The molecule has 0 radical (unpaired) electrons. The summed E-state index contributed by atoms with van der Waals surface area (Å²) in [6.07, 6.45) is 4.35. The molecular weight excluding hydrogens is 370 g/mol. The van der Waals surface area contributed by atoms with E-state index in [0.717, 1.165) is 23.9 Å². The first-order chi connectivity index (χ1) is 13.0. The Bertz CT molecular complexity index is 930. The van der Waals surface area contributed by atoms with E-state index in [9.17, 15) is 0 Å². The Morgan fingerprint density at radius 2 is 1.96 bits per heavy atom. The van der Waals surface area contributed by atoms with E-state index in [1.165, 1.54) is 21.4 Å². The number of aromatic nitrogens is 1. The van der Waals surface area contributed by atoms with Gasteiger partial charge in [-0.05, 0) is 69.1 Å². The molecule has 1 N–H and O–H groups in total.